The first-order valence-corrected chi connectivity index (χ1v) is 6.62. The smallest absolute Gasteiger partial charge is 0.307 e. The Morgan fingerprint density at radius 2 is 1.95 bits per heavy atom. The number of methoxy groups -OCH3 is 1. The van der Waals surface area contributed by atoms with E-state index in [-0.39, 0.29) is 30.9 Å². The van der Waals surface area contributed by atoms with Gasteiger partial charge in [-0.1, -0.05) is 28.1 Å². The summed E-state index contributed by atoms with van der Waals surface area (Å²) in [6, 6.07) is 7.06. The van der Waals surface area contributed by atoms with Crippen molar-refractivity contribution in [3.05, 3.63) is 34.3 Å². The highest BCUT2D eigenvalue weighted by molar-refractivity contribution is 9.10. The van der Waals surface area contributed by atoms with Crippen molar-refractivity contribution in [3.63, 3.8) is 0 Å². The molecular weight excluding hydrogens is 312 g/mol. The van der Waals surface area contributed by atoms with Crippen molar-refractivity contribution in [2.75, 3.05) is 20.7 Å². The second-order valence-electron chi connectivity index (χ2n) is 3.98. The molecule has 0 aromatic heterocycles. The molecule has 1 aromatic carbocycles. The zero-order valence-corrected chi connectivity index (χ0v) is 12.5. The van der Waals surface area contributed by atoms with Gasteiger partial charge in [0.15, 0.2) is 0 Å². The predicted octanol–water partition coefficient (Wildman–Crippen LogP) is 1.39. The maximum atomic E-state index is 11.6. The number of carbonyl (C=O) groups excluding carboxylic acids is 2. The zero-order valence-electron chi connectivity index (χ0n) is 10.9. The lowest BCUT2D eigenvalue weighted by Gasteiger charge is -2.18. The molecule has 5 nitrogen and oxygen atoms in total. The van der Waals surface area contributed by atoms with Crippen LogP contribution in [0.4, 0.5) is 0 Å². The molecule has 0 bridgehead atoms. The number of hydrogen-bond donors (Lipinski definition) is 2. The first-order valence-electron chi connectivity index (χ1n) is 5.83. The Hall–Kier alpha value is -1.40. The Balaban J connectivity index is 2.82. The summed E-state index contributed by atoms with van der Waals surface area (Å²) in [7, 11) is 3.02. The molecule has 6 heteroatoms. The van der Waals surface area contributed by atoms with E-state index in [1.165, 1.54) is 7.11 Å². The fourth-order valence-corrected chi connectivity index (χ4v) is 1.87. The molecule has 0 aliphatic rings. The van der Waals surface area contributed by atoms with Gasteiger partial charge in [-0.3, -0.25) is 9.59 Å². The molecule has 0 fully saturated rings. The second-order valence-corrected chi connectivity index (χ2v) is 4.90. The average molecular weight is 329 g/mol. The molecular formula is C13H17BrN2O3. The molecule has 19 heavy (non-hydrogen) atoms. The minimum absolute atomic E-state index is 0.105. The summed E-state index contributed by atoms with van der Waals surface area (Å²) >= 11 is 3.35. The van der Waals surface area contributed by atoms with E-state index in [0.29, 0.717) is 0 Å². The third-order valence-corrected chi connectivity index (χ3v) is 3.07. The maximum absolute atomic E-state index is 11.6. The minimum atomic E-state index is -0.388. The quantitative estimate of drug-likeness (QED) is 0.774. The monoisotopic (exact) mass is 328 g/mol. The summed E-state index contributed by atoms with van der Waals surface area (Å²) in [6.07, 6.45) is 0.105. The topological polar surface area (TPSA) is 67.4 Å². The molecule has 1 atom stereocenters. The molecule has 0 radical (unpaired) electrons. The molecule has 0 spiro atoms. The Bertz CT molecular complexity index is 434. The van der Waals surface area contributed by atoms with Crippen LogP contribution in [0.1, 0.15) is 18.0 Å². The summed E-state index contributed by atoms with van der Waals surface area (Å²) in [5, 5.41) is 5.57. The lowest BCUT2D eigenvalue weighted by molar-refractivity contribution is -0.141. The standard InChI is InChI=1S/C13H17BrN2O3/c1-15-8-12(17)16-11(7-13(18)19-2)9-3-5-10(14)6-4-9/h3-6,11,15H,7-8H2,1-2H3,(H,16,17). The van der Waals surface area contributed by atoms with Crippen molar-refractivity contribution >= 4 is 27.8 Å². The van der Waals surface area contributed by atoms with Crippen LogP contribution in [0.3, 0.4) is 0 Å². The van der Waals surface area contributed by atoms with E-state index >= 15 is 0 Å². The van der Waals surface area contributed by atoms with Crippen molar-refractivity contribution in [2.45, 2.75) is 12.5 Å². The number of rotatable bonds is 6. The average Bonchev–Trinajstić information content (AvgIpc) is 2.39. The number of carbonyl (C=O) groups is 2. The number of nitrogens with one attached hydrogen (secondary N) is 2. The number of amides is 1. The van der Waals surface area contributed by atoms with E-state index in [2.05, 4.69) is 31.3 Å². The number of ether oxygens (including phenoxy) is 1. The Morgan fingerprint density at radius 3 is 2.47 bits per heavy atom. The number of hydrogen-bond acceptors (Lipinski definition) is 4. The number of benzene rings is 1. The van der Waals surface area contributed by atoms with E-state index in [1.54, 1.807) is 7.05 Å². The van der Waals surface area contributed by atoms with Gasteiger partial charge in [0.25, 0.3) is 0 Å². The summed E-state index contributed by atoms with van der Waals surface area (Å²) in [5.41, 5.74) is 0.859. The predicted molar refractivity (Wildman–Crippen MR) is 75.6 cm³/mol. The lowest BCUT2D eigenvalue weighted by atomic mass is 10.0. The van der Waals surface area contributed by atoms with E-state index in [9.17, 15) is 9.59 Å². The fraction of sp³-hybridized carbons (Fsp3) is 0.385. The lowest BCUT2D eigenvalue weighted by Crippen LogP contribution is -2.36. The van der Waals surface area contributed by atoms with Gasteiger partial charge in [0.05, 0.1) is 26.1 Å². The first-order chi connectivity index (χ1) is 9.06. The van der Waals surface area contributed by atoms with Crippen LogP contribution in [0.5, 0.6) is 0 Å². The normalized spacial score (nSPS) is 11.7. The number of likely N-dealkylation sites (N-methyl/N-ethyl adjacent to an activating group) is 1. The fourth-order valence-electron chi connectivity index (χ4n) is 1.60. The van der Waals surface area contributed by atoms with E-state index in [1.807, 2.05) is 24.3 Å². The van der Waals surface area contributed by atoms with Crippen molar-refractivity contribution < 1.29 is 14.3 Å². The Labute approximate surface area is 120 Å². The van der Waals surface area contributed by atoms with Gasteiger partial charge >= 0.3 is 5.97 Å². The molecule has 0 heterocycles. The summed E-state index contributed by atoms with van der Waals surface area (Å²) < 4.78 is 5.59. The van der Waals surface area contributed by atoms with E-state index in [0.717, 1.165) is 10.0 Å². The van der Waals surface area contributed by atoms with Crippen LogP contribution in [0, 0.1) is 0 Å². The molecule has 1 amide bonds. The van der Waals surface area contributed by atoms with Crippen LogP contribution in [0.25, 0.3) is 0 Å². The largest absolute Gasteiger partial charge is 0.469 e. The molecule has 104 valence electrons. The zero-order chi connectivity index (χ0) is 14.3. The highest BCUT2D eigenvalue weighted by Gasteiger charge is 2.18. The third kappa shape index (κ3) is 5.40. The van der Waals surface area contributed by atoms with Gasteiger partial charge in [-0.15, -0.1) is 0 Å². The van der Waals surface area contributed by atoms with Gasteiger partial charge in [-0.25, -0.2) is 0 Å². The summed E-state index contributed by atoms with van der Waals surface area (Å²) in [5.74, 6) is -0.531. The maximum Gasteiger partial charge on any atom is 0.307 e. The molecule has 0 saturated heterocycles. The van der Waals surface area contributed by atoms with Crippen LogP contribution in [-0.2, 0) is 14.3 Å². The summed E-state index contributed by atoms with van der Waals surface area (Å²) in [6.45, 7) is 0.203. The molecule has 0 saturated carbocycles. The van der Waals surface area contributed by atoms with Gasteiger partial charge in [0.2, 0.25) is 5.91 Å². The van der Waals surface area contributed by atoms with Gasteiger partial charge in [0, 0.05) is 4.47 Å². The van der Waals surface area contributed by atoms with Crippen molar-refractivity contribution in [1.82, 2.24) is 10.6 Å². The molecule has 0 aliphatic heterocycles. The molecule has 1 rings (SSSR count). The second kappa shape index (κ2) is 7.91. The Kier molecular flexibility index (Phi) is 6.52. The van der Waals surface area contributed by atoms with Gasteiger partial charge < -0.3 is 15.4 Å². The van der Waals surface area contributed by atoms with Gasteiger partial charge in [-0.05, 0) is 24.7 Å². The third-order valence-electron chi connectivity index (χ3n) is 2.54. The van der Waals surface area contributed by atoms with Crippen molar-refractivity contribution in [3.8, 4) is 0 Å². The van der Waals surface area contributed by atoms with Crippen LogP contribution in [0.15, 0.2) is 28.7 Å². The molecule has 2 N–H and O–H groups in total. The van der Waals surface area contributed by atoms with Crippen LogP contribution in [0.2, 0.25) is 0 Å². The van der Waals surface area contributed by atoms with Crippen LogP contribution < -0.4 is 10.6 Å². The SMILES string of the molecule is CNCC(=O)NC(CC(=O)OC)c1ccc(Br)cc1. The highest BCUT2D eigenvalue weighted by atomic mass is 79.9. The van der Waals surface area contributed by atoms with Crippen molar-refractivity contribution in [2.24, 2.45) is 0 Å². The first kappa shape index (κ1) is 15.7. The molecule has 1 aromatic rings. The Morgan fingerprint density at radius 1 is 1.32 bits per heavy atom. The van der Waals surface area contributed by atoms with Gasteiger partial charge in [-0.2, -0.15) is 0 Å². The molecule has 1 unspecified atom stereocenters. The van der Waals surface area contributed by atoms with Crippen LogP contribution >= 0.6 is 15.9 Å². The highest BCUT2D eigenvalue weighted by Crippen LogP contribution is 2.20. The summed E-state index contributed by atoms with van der Waals surface area (Å²) in [4.78, 5) is 23.0. The molecule has 0 aliphatic carbocycles. The minimum Gasteiger partial charge on any atom is -0.469 e. The number of esters is 1. The number of halogens is 1. The van der Waals surface area contributed by atoms with E-state index in [4.69, 9.17) is 0 Å². The van der Waals surface area contributed by atoms with E-state index < -0.39 is 0 Å². The van der Waals surface area contributed by atoms with Gasteiger partial charge in [0.1, 0.15) is 0 Å². The van der Waals surface area contributed by atoms with Crippen LogP contribution in [-0.4, -0.2) is 32.6 Å². The van der Waals surface area contributed by atoms with Crippen molar-refractivity contribution in [1.29, 1.82) is 0 Å².